The number of hydrogen-bond acceptors (Lipinski definition) is 18. The van der Waals surface area contributed by atoms with E-state index >= 15 is 0 Å². The molecule has 0 amide bonds. The minimum Gasteiger partial charge on any atom is -0.478 e. The number of carboxylic acids is 1. The molecule has 2 aliphatic heterocycles. The summed E-state index contributed by atoms with van der Waals surface area (Å²) in [7, 11) is -7.51. The number of hydrogen-bond donors (Lipinski definition) is 2. The fourth-order valence-corrected chi connectivity index (χ4v) is 14.5. The molecule has 10 rings (SSSR count). The predicted molar refractivity (Wildman–Crippen MR) is 427 cm³/mol. The molecule has 0 bridgehead atoms. The highest BCUT2D eigenvalue weighted by Crippen LogP contribution is 2.34. The van der Waals surface area contributed by atoms with Gasteiger partial charge in [-0.2, -0.15) is 16.8 Å². The van der Waals surface area contributed by atoms with Crippen LogP contribution in [-0.4, -0.2) is 117 Å². The van der Waals surface area contributed by atoms with E-state index in [2.05, 4.69) is 91.6 Å². The van der Waals surface area contributed by atoms with Gasteiger partial charge in [0.25, 0.3) is 0 Å². The topological polar surface area (TPSA) is 327 Å². The van der Waals surface area contributed by atoms with Crippen LogP contribution in [-0.2, 0) is 69.2 Å². The van der Waals surface area contributed by atoms with Crippen LogP contribution < -0.4 is 14.9 Å². The molecule has 0 aromatic heterocycles. The molecule has 0 atom stereocenters. The molecule has 2 heterocycles. The average molecular weight is 1550 g/mol. The SMILES string of the molecule is C.C.CC1(C)CCN(c2ccc(C(=O)CS(=O)(=O)c3ccc(CN(CCSc4ccccc4)Cc4ccc(N=[N+]=[N-])cc4)cc3)cc2)CC1.CC1(C)CCN(c2ccc(C(=O)O)cc2)CC1.O=S=O.O=S=O.[2H]CC.[N-]=[N+]=Nc1ccc(CN(CCSc2ccccc2)Cc2ccc(S(N)(=O)=O)cc2)cc1. The summed E-state index contributed by atoms with van der Waals surface area (Å²) in [5.41, 5.74) is 26.3. The third-order valence-corrected chi connectivity index (χ3v) is 21.3. The lowest BCUT2D eigenvalue weighted by atomic mass is 9.82. The summed E-state index contributed by atoms with van der Waals surface area (Å²) in [6.45, 7) is 19.9. The first-order chi connectivity index (χ1) is 49.8. The lowest BCUT2D eigenvalue weighted by Gasteiger charge is -2.38. The van der Waals surface area contributed by atoms with E-state index in [0.29, 0.717) is 66.4 Å². The van der Waals surface area contributed by atoms with Crippen LogP contribution in [0.3, 0.4) is 0 Å². The standard InChI is InChI=1S/C37H41N5O3S2.C22H23N5O2S2.C14H19NO2.C2H6.2CH4.2O2S/c1-37(2)20-22-42(23-21-37)33-16-12-31(13-17-33)36(43)28-47(44,45)35-18-10-30(11-19-35)27-41(24-25-46-34-6-4-3-5-7-34)26-29-8-14-32(15-9-29)39-40-38;23-26-25-20-10-6-18(7-11-20)16-27(14-15-30-21-4-2-1-3-5-21)17-19-8-12-22(13-9-19)31(24,28)29;1-14(2)7-9-15(10-8-14)12-5-3-11(4-6-12)13(16)17;1-2;;;2*1-3-2/h3-19H,20-28H2,1-2H3;1-13H,14-17H2,(H2,24,28,29);3-6H,7-10H2,1-2H3,(H,16,17);1-2H3;2*1H4;;/i;;;1D;;;;. The van der Waals surface area contributed by atoms with E-state index in [1.807, 2.05) is 97.1 Å². The maximum absolute atomic E-state index is 13.2. The highest BCUT2D eigenvalue weighted by atomic mass is 32.2. The first kappa shape index (κ1) is 88.6. The number of nitrogens with zero attached hydrogens (tertiary/aromatic N) is 10. The molecule has 28 heteroatoms. The first-order valence-corrected chi connectivity index (χ1v) is 39.4. The molecule has 8 aromatic carbocycles. The second-order valence-corrected chi connectivity index (χ2v) is 31.5. The zero-order chi connectivity index (χ0) is 76.0. The Labute approximate surface area is 637 Å². The Bertz CT molecular complexity index is 4330. The van der Waals surface area contributed by atoms with Gasteiger partial charge in [0, 0.05) is 126 Å². The molecule has 0 radical (unpaired) electrons. The number of carbonyl (C=O) groups is 2. The number of benzene rings is 8. The highest BCUT2D eigenvalue weighted by Gasteiger charge is 2.28. The molecule has 105 heavy (non-hydrogen) atoms. The van der Waals surface area contributed by atoms with Crippen molar-refractivity contribution < 1.29 is 49.7 Å². The number of nitrogens with two attached hydrogens (primary N) is 1. The summed E-state index contributed by atoms with van der Waals surface area (Å²) in [5, 5.41) is 21.3. The number of aromatic carboxylic acids is 1. The number of primary sulfonamides is 1. The van der Waals surface area contributed by atoms with Crippen LogP contribution in [0.1, 0.15) is 126 Å². The molecule has 3 N–H and O–H groups in total. The van der Waals surface area contributed by atoms with Gasteiger partial charge in [-0.25, -0.2) is 26.8 Å². The molecule has 2 saturated heterocycles. The van der Waals surface area contributed by atoms with Gasteiger partial charge in [-0.05, 0) is 167 Å². The Morgan fingerprint density at radius 3 is 1.12 bits per heavy atom. The van der Waals surface area contributed by atoms with Crippen LogP contribution in [0.5, 0.6) is 0 Å². The van der Waals surface area contributed by atoms with Crippen LogP contribution in [0.4, 0.5) is 22.7 Å². The molecule has 562 valence electrons. The first-order valence-electron chi connectivity index (χ1n) is 33.6. The van der Waals surface area contributed by atoms with E-state index in [0.717, 1.165) is 97.2 Å². The van der Waals surface area contributed by atoms with Crippen LogP contribution in [0.25, 0.3) is 20.9 Å². The quantitative estimate of drug-likeness (QED) is 0.0167. The molecule has 0 aliphatic carbocycles. The second-order valence-electron chi connectivity index (χ2n) is 25.3. The normalized spacial score (nSPS) is 13.3. The van der Waals surface area contributed by atoms with E-state index in [4.69, 9.17) is 39.5 Å². The summed E-state index contributed by atoms with van der Waals surface area (Å²) < 4.78 is 88.8. The number of anilines is 2. The minimum absolute atomic E-state index is 0. The van der Waals surface area contributed by atoms with Crippen LogP contribution in [0, 0.1) is 10.8 Å². The van der Waals surface area contributed by atoms with Gasteiger partial charge >= 0.3 is 29.1 Å². The molecule has 8 aromatic rings. The Morgan fingerprint density at radius 1 is 0.514 bits per heavy atom. The smallest absolute Gasteiger partial charge is 0.335 e. The number of thioether (sulfide) groups is 2. The van der Waals surface area contributed by atoms with Crippen molar-refractivity contribution in [2.24, 2.45) is 26.2 Å². The maximum Gasteiger partial charge on any atom is 0.335 e. The highest BCUT2D eigenvalue weighted by molar-refractivity contribution is 7.99. The largest absolute Gasteiger partial charge is 0.478 e. The summed E-state index contributed by atoms with van der Waals surface area (Å²) in [4.78, 5) is 41.4. The number of rotatable bonds is 26. The van der Waals surface area contributed by atoms with Crippen molar-refractivity contribution in [1.29, 1.82) is 0 Å². The molecule has 2 fully saturated rings. The summed E-state index contributed by atoms with van der Waals surface area (Å²) in [6.07, 6.45) is 4.61. The molecule has 22 nitrogen and oxygen atoms in total. The number of carbonyl (C=O) groups excluding carboxylic acids is 1. The summed E-state index contributed by atoms with van der Waals surface area (Å²) in [6, 6.07) is 63.5. The Hall–Kier alpha value is -8.76. The van der Waals surface area contributed by atoms with Crippen LogP contribution in [0.15, 0.2) is 236 Å². The maximum atomic E-state index is 13.2. The van der Waals surface area contributed by atoms with Gasteiger partial charge in [-0.1, -0.05) is 176 Å². The van der Waals surface area contributed by atoms with E-state index in [9.17, 15) is 26.4 Å². The van der Waals surface area contributed by atoms with Crippen molar-refractivity contribution in [2.45, 2.75) is 128 Å². The van der Waals surface area contributed by atoms with Crippen LogP contribution >= 0.6 is 23.5 Å². The number of sulfone groups is 1. The van der Waals surface area contributed by atoms with Crippen LogP contribution in [0.2, 0.25) is 0 Å². The molecular formula is C77H97N11O11S6. The Morgan fingerprint density at radius 2 is 0.819 bits per heavy atom. The number of carboxylic acid groups (broad SMARTS) is 1. The van der Waals surface area contributed by atoms with Gasteiger partial charge < -0.3 is 14.9 Å². The van der Waals surface area contributed by atoms with E-state index in [1.165, 1.54) is 34.8 Å². The number of sulfonamides is 1. The summed E-state index contributed by atoms with van der Waals surface area (Å²) >= 11 is 2.08. The molecule has 0 saturated carbocycles. The predicted octanol–water partition coefficient (Wildman–Crippen LogP) is 17.7. The lowest BCUT2D eigenvalue weighted by molar-refractivity contribution is 0.0696. The van der Waals surface area contributed by atoms with Crippen molar-refractivity contribution in [3.63, 3.8) is 0 Å². The van der Waals surface area contributed by atoms with Gasteiger partial charge in [-0.15, -0.1) is 23.5 Å². The Kier molecular flexibility index (Phi) is 39.6. The number of azide groups is 2. The van der Waals surface area contributed by atoms with E-state index in [-0.39, 0.29) is 24.6 Å². The van der Waals surface area contributed by atoms with Gasteiger partial charge in [-0.3, -0.25) is 14.6 Å². The fraction of sp³-hybridized carbons (Fsp3) is 0.351. The number of piperidine rings is 2. The van der Waals surface area contributed by atoms with Crippen molar-refractivity contribution in [2.75, 3.05) is 66.3 Å². The zero-order valence-corrected chi connectivity index (χ0v) is 63.3. The van der Waals surface area contributed by atoms with E-state index in [1.54, 1.807) is 103 Å². The second kappa shape index (κ2) is 46.9. The average Bonchev–Trinajstić information content (AvgIpc) is 0.838. The monoisotopic (exact) mass is 1540 g/mol. The summed E-state index contributed by atoms with van der Waals surface area (Å²) in [5.74, 6) is -0.0497. The van der Waals surface area contributed by atoms with Gasteiger partial charge in [0.2, 0.25) is 10.0 Å². The van der Waals surface area contributed by atoms with Gasteiger partial charge in [0.1, 0.15) is 5.75 Å². The molecule has 0 unspecified atom stereocenters. The van der Waals surface area contributed by atoms with Crippen molar-refractivity contribution in [3.8, 4) is 0 Å². The minimum atomic E-state index is -3.81. The molecule has 0 spiro atoms. The third kappa shape index (κ3) is 33.1. The van der Waals surface area contributed by atoms with Crippen molar-refractivity contribution in [1.82, 2.24) is 9.80 Å². The zero-order valence-electron chi connectivity index (χ0n) is 59.4. The molecular weight excluding hydrogens is 1450 g/mol. The number of Topliss-reactive ketones (excluding diaryl/α,β-unsaturated/α-hetero) is 1. The van der Waals surface area contributed by atoms with Gasteiger partial charge in [0.15, 0.2) is 15.6 Å². The van der Waals surface area contributed by atoms with Gasteiger partial charge in [0.05, 0.1) is 15.4 Å². The third-order valence-electron chi connectivity index (χ3n) is 16.8. The lowest BCUT2D eigenvalue weighted by Crippen LogP contribution is -2.37. The molecule has 2 aliphatic rings. The van der Waals surface area contributed by atoms with Crippen molar-refractivity contribution in [3.05, 3.63) is 261 Å². The van der Waals surface area contributed by atoms with E-state index < -0.39 is 60.5 Å². The Balaban J connectivity index is 0.000000423. The fourth-order valence-electron chi connectivity index (χ4n) is 10.9. The number of ketones is 1. The van der Waals surface area contributed by atoms with Crippen molar-refractivity contribution >= 4 is 101 Å².